The number of rotatable bonds is 13. The molecule has 0 aliphatic heterocycles. The molecule has 0 saturated carbocycles. The van der Waals surface area contributed by atoms with E-state index in [9.17, 15) is 19.5 Å². The molecule has 2 rings (SSSR count). The van der Waals surface area contributed by atoms with Crippen molar-refractivity contribution in [2.45, 2.75) is 37.9 Å². The molecule has 0 aromatic heterocycles. The summed E-state index contributed by atoms with van der Waals surface area (Å²) in [6.45, 7) is 2.13. The first kappa shape index (κ1) is 28.8. The standard InChI is InChI=1S/C27H39N5O4/c1-19(30-27(36)24(28-2)16-21-11-13-23(33)14-12-21)26(35)29-17-25(34)31-22(18-32(3,4)5)15-20-9-7-6-8-10-20/h6-14,19,22,24,28H,15-18H2,1-5H3,(H3-,29,30,31,33,34,35,36)/p+1/t19-,22?,24+/m1/s1. The predicted molar refractivity (Wildman–Crippen MR) is 140 cm³/mol. The lowest BCUT2D eigenvalue weighted by molar-refractivity contribution is -0.871. The summed E-state index contributed by atoms with van der Waals surface area (Å²) < 4.78 is 0.685. The van der Waals surface area contributed by atoms with Gasteiger partial charge >= 0.3 is 0 Å². The van der Waals surface area contributed by atoms with Crippen molar-refractivity contribution in [2.75, 3.05) is 41.3 Å². The van der Waals surface area contributed by atoms with Crippen LogP contribution in [0.3, 0.4) is 0 Å². The molecule has 0 radical (unpaired) electrons. The van der Waals surface area contributed by atoms with E-state index >= 15 is 0 Å². The van der Waals surface area contributed by atoms with E-state index in [1.54, 1.807) is 38.2 Å². The predicted octanol–water partition coefficient (Wildman–Crippen LogP) is 0.577. The maximum atomic E-state index is 12.7. The second kappa shape index (κ2) is 13.6. The van der Waals surface area contributed by atoms with Crippen LogP contribution in [-0.2, 0) is 27.2 Å². The van der Waals surface area contributed by atoms with Crippen molar-refractivity contribution in [1.29, 1.82) is 0 Å². The van der Waals surface area contributed by atoms with Crippen LogP contribution in [-0.4, -0.2) is 86.7 Å². The van der Waals surface area contributed by atoms with Crippen molar-refractivity contribution >= 4 is 17.7 Å². The lowest BCUT2D eigenvalue weighted by Crippen LogP contribution is -2.54. The molecule has 0 aliphatic carbocycles. The quantitative estimate of drug-likeness (QED) is 0.259. The number of hydrogen-bond donors (Lipinski definition) is 5. The fraction of sp³-hybridized carbons (Fsp3) is 0.444. The molecule has 1 unspecified atom stereocenters. The third-order valence-corrected chi connectivity index (χ3v) is 5.67. The second-order valence-corrected chi connectivity index (χ2v) is 10.1. The van der Waals surface area contributed by atoms with Gasteiger partial charge < -0.3 is 30.9 Å². The molecule has 0 saturated heterocycles. The van der Waals surface area contributed by atoms with Crippen LogP contribution < -0.4 is 21.3 Å². The first-order valence-electron chi connectivity index (χ1n) is 12.1. The van der Waals surface area contributed by atoms with Gasteiger partial charge in [-0.2, -0.15) is 0 Å². The van der Waals surface area contributed by atoms with E-state index in [0.29, 0.717) is 17.3 Å². The normalized spacial score (nSPS) is 13.8. The molecule has 0 heterocycles. The number of benzene rings is 2. The van der Waals surface area contributed by atoms with Gasteiger partial charge in [-0.1, -0.05) is 42.5 Å². The minimum Gasteiger partial charge on any atom is -0.508 e. The maximum absolute atomic E-state index is 12.7. The Morgan fingerprint density at radius 2 is 1.47 bits per heavy atom. The summed E-state index contributed by atoms with van der Waals surface area (Å²) in [5.41, 5.74) is 2.00. The number of phenols is 1. The minimum atomic E-state index is -0.813. The minimum absolute atomic E-state index is 0.0924. The highest BCUT2D eigenvalue weighted by Crippen LogP contribution is 2.11. The van der Waals surface area contributed by atoms with Crippen molar-refractivity contribution in [3.63, 3.8) is 0 Å². The summed E-state index contributed by atoms with van der Waals surface area (Å²) in [5.74, 6) is -0.896. The molecule has 0 spiro atoms. The lowest BCUT2D eigenvalue weighted by atomic mass is 10.0. The Bertz CT molecular complexity index is 989. The average molecular weight is 499 g/mol. The summed E-state index contributed by atoms with van der Waals surface area (Å²) in [6.07, 6.45) is 1.09. The summed E-state index contributed by atoms with van der Waals surface area (Å²) in [4.78, 5) is 37.8. The molecule has 0 bridgehead atoms. The van der Waals surface area contributed by atoms with Gasteiger partial charge in [0.25, 0.3) is 0 Å². The van der Waals surface area contributed by atoms with Gasteiger partial charge in [0.15, 0.2) is 0 Å². The van der Waals surface area contributed by atoms with Gasteiger partial charge in [-0.25, -0.2) is 0 Å². The molecule has 0 fully saturated rings. The van der Waals surface area contributed by atoms with Crippen molar-refractivity contribution in [3.8, 4) is 5.75 Å². The highest BCUT2D eigenvalue weighted by molar-refractivity contribution is 5.91. The van der Waals surface area contributed by atoms with Crippen LogP contribution in [0.1, 0.15) is 18.1 Å². The van der Waals surface area contributed by atoms with Crippen LogP contribution in [0.2, 0.25) is 0 Å². The summed E-state index contributed by atoms with van der Waals surface area (Å²) in [7, 11) is 7.87. The topological polar surface area (TPSA) is 120 Å². The van der Waals surface area contributed by atoms with Gasteiger partial charge in [0.1, 0.15) is 11.8 Å². The van der Waals surface area contributed by atoms with Gasteiger partial charge in [-0.05, 0) is 50.1 Å². The van der Waals surface area contributed by atoms with E-state index in [1.807, 2.05) is 30.3 Å². The Morgan fingerprint density at radius 1 is 0.861 bits per heavy atom. The monoisotopic (exact) mass is 498 g/mol. The van der Waals surface area contributed by atoms with Crippen LogP contribution in [0.5, 0.6) is 5.75 Å². The Kier molecular flexibility index (Phi) is 10.9. The van der Waals surface area contributed by atoms with Gasteiger partial charge in [-0.15, -0.1) is 0 Å². The van der Waals surface area contributed by atoms with Crippen LogP contribution in [0.4, 0.5) is 0 Å². The molecule has 36 heavy (non-hydrogen) atoms. The first-order chi connectivity index (χ1) is 17.0. The van der Waals surface area contributed by atoms with Crippen LogP contribution in [0.15, 0.2) is 54.6 Å². The zero-order valence-corrected chi connectivity index (χ0v) is 21.9. The first-order valence-corrected chi connectivity index (χ1v) is 12.1. The van der Waals surface area contributed by atoms with Gasteiger partial charge in [0.05, 0.1) is 46.3 Å². The molecule has 5 N–H and O–H groups in total. The van der Waals surface area contributed by atoms with Crippen molar-refractivity contribution in [1.82, 2.24) is 21.3 Å². The van der Waals surface area contributed by atoms with Crippen molar-refractivity contribution in [2.24, 2.45) is 0 Å². The van der Waals surface area contributed by atoms with E-state index in [2.05, 4.69) is 42.4 Å². The highest BCUT2D eigenvalue weighted by Gasteiger charge is 2.24. The summed E-state index contributed by atoms with van der Waals surface area (Å²) in [5, 5.41) is 20.7. The van der Waals surface area contributed by atoms with E-state index in [-0.39, 0.29) is 30.2 Å². The smallest absolute Gasteiger partial charge is 0.242 e. The Balaban J connectivity index is 1.85. The van der Waals surface area contributed by atoms with Crippen molar-refractivity contribution < 1.29 is 24.0 Å². The fourth-order valence-corrected chi connectivity index (χ4v) is 3.89. The molecule has 196 valence electrons. The molecule has 2 aromatic carbocycles. The molecule has 3 amide bonds. The van der Waals surface area contributed by atoms with E-state index in [1.165, 1.54) is 0 Å². The van der Waals surface area contributed by atoms with Crippen LogP contribution in [0.25, 0.3) is 0 Å². The van der Waals surface area contributed by atoms with Crippen LogP contribution in [0, 0.1) is 0 Å². The zero-order chi connectivity index (χ0) is 26.7. The number of quaternary nitrogens is 1. The Morgan fingerprint density at radius 3 is 2.06 bits per heavy atom. The molecule has 3 atom stereocenters. The fourth-order valence-electron chi connectivity index (χ4n) is 3.89. The number of nitrogens with one attached hydrogen (secondary N) is 4. The second-order valence-electron chi connectivity index (χ2n) is 10.1. The molecular weight excluding hydrogens is 458 g/mol. The number of likely N-dealkylation sites (N-methyl/N-ethyl adjacent to an activating group) is 2. The zero-order valence-electron chi connectivity index (χ0n) is 21.9. The molecular formula is C27H40N5O4+. The highest BCUT2D eigenvalue weighted by atomic mass is 16.3. The Hall–Kier alpha value is -3.43. The number of carbonyl (C=O) groups excluding carboxylic acids is 3. The maximum Gasteiger partial charge on any atom is 0.242 e. The largest absolute Gasteiger partial charge is 0.508 e. The number of nitrogens with zero attached hydrogens (tertiary/aromatic N) is 1. The van der Waals surface area contributed by atoms with Crippen LogP contribution >= 0.6 is 0 Å². The van der Waals surface area contributed by atoms with E-state index in [0.717, 1.165) is 17.7 Å². The lowest BCUT2D eigenvalue weighted by Gasteiger charge is -2.30. The number of carbonyl (C=O) groups is 3. The SMILES string of the molecule is CN[C@@H](Cc1ccc(O)cc1)C(=O)N[C@H](C)C(=O)NCC(=O)NC(Cc1ccccc1)C[N+](C)(C)C. The van der Waals surface area contributed by atoms with E-state index < -0.39 is 18.0 Å². The molecule has 9 nitrogen and oxygen atoms in total. The van der Waals surface area contributed by atoms with Gasteiger partial charge in [-0.3, -0.25) is 14.4 Å². The Labute approximate surface area is 213 Å². The molecule has 0 aliphatic rings. The third-order valence-electron chi connectivity index (χ3n) is 5.67. The van der Waals surface area contributed by atoms with E-state index in [4.69, 9.17) is 0 Å². The number of aromatic hydroxyl groups is 1. The number of amides is 3. The van der Waals surface area contributed by atoms with Crippen molar-refractivity contribution in [3.05, 3.63) is 65.7 Å². The molecule has 9 heteroatoms. The summed E-state index contributed by atoms with van der Waals surface area (Å²) in [6, 6.07) is 15.1. The van der Waals surface area contributed by atoms with Gasteiger partial charge in [0.2, 0.25) is 17.7 Å². The summed E-state index contributed by atoms with van der Waals surface area (Å²) >= 11 is 0. The van der Waals surface area contributed by atoms with Gasteiger partial charge in [0, 0.05) is 0 Å². The number of phenolic OH excluding ortho intramolecular Hbond substituents is 1. The third kappa shape index (κ3) is 10.5. The molecule has 2 aromatic rings. The number of hydrogen-bond acceptors (Lipinski definition) is 5. The average Bonchev–Trinajstić information content (AvgIpc) is 2.81.